The average Bonchev–Trinajstić information content (AvgIpc) is 3.28. The van der Waals surface area contributed by atoms with Gasteiger partial charge in [0.25, 0.3) is 0 Å². The van der Waals surface area contributed by atoms with Gasteiger partial charge in [0.1, 0.15) is 5.78 Å². The first kappa shape index (κ1) is 21.0. The molecule has 1 spiro atoms. The van der Waals surface area contributed by atoms with Gasteiger partial charge in [-0.3, -0.25) is 4.79 Å². The van der Waals surface area contributed by atoms with E-state index in [9.17, 15) is 4.79 Å². The molecule has 1 heterocycles. The second-order valence-electron chi connectivity index (χ2n) is 11.2. The Hall–Kier alpha value is 0.110. The monoisotopic (exact) mass is 432 g/mol. The molecule has 0 aromatic carbocycles. The van der Waals surface area contributed by atoms with Gasteiger partial charge >= 0.3 is 0 Å². The van der Waals surface area contributed by atoms with Crippen molar-refractivity contribution in [3.63, 3.8) is 0 Å². The number of unbranched alkanes of at least 4 members (excludes halogenated alkanes) is 2. The molecule has 3 heteroatoms. The van der Waals surface area contributed by atoms with E-state index < -0.39 is 0 Å². The van der Waals surface area contributed by atoms with Crippen molar-refractivity contribution in [2.45, 2.75) is 95.5 Å². The van der Waals surface area contributed by atoms with E-state index in [4.69, 9.17) is 0 Å². The van der Waals surface area contributed by atoms with Crippen LogP contribution < -0.4 is 0 Å². The Morgan fingerprint density at radius 2 is 1.76 bits per heavy atom. The molecule has 1 nitrogen and oxygen atoms in total. The lowest BCUT2D eigenvalue weighted by Gasteiger charge is -2.60. The van der Waals surface area contributed by atoms with E-state index in [1.807, 2.05) is 5.57 Å². The number of carbonyl (C=O) groups excluding carboxylic acids is 1. The number of carbonyl (C=O) groups is 1. The Kier molecular flexibility index (Phi) is 5.50. The van der Waals surface area contributed by atoms with Gasteiger partial charge in [0.15, 0.2) is 0 Å². The van der Waals surface area contributed by atoms with E-state index in [-0.39, 0.29) is 5.41 Å². The lowest BCUT2D eigenvalue weighted by atomic mass is 9.45. The van der Waals surface area contributed by atoms with Gasteiger partial charge in [-0.15, -0.1) is 23.5 Å². The number of ketones is 1. The summed E-state index contributed by atoms with van der Waals surface area (Å²) < 4.78 is 0.400. The smallest absolute Gasteiger partial charge is 0.139 e. The van der Waals surface area contributed by atoms with Gasteiger partial charge in [-0.1, -0.05) is 51.7 Å². The zero-order valence-electron chi connectivity index (χ0n) is 18.8. The Morgan fingerprint density at radius 1 is 1.00 bits per heavy atom. The molecule has 1 aliphatic heterocycles. The quantitative estimate of drug-likeness (QED) is 0.338. The Morgan fingerprint density at radius 3 is 2.52 bits per heavy atom. The summed E-state index contributed by atoms with van der Waals surface area (Å²) in [6.07, 6.45) is 16.9. The van der Waals surface area contributed by atoms with Crippen molar-refractivity contribution in [3.05, 3.63) is 11.6 Å². The summed E-state index contributed by atoms with van der Waals surface area (Å²) in [6, 6.07) is 0. The molecule has 0 bridgehead atoms. The number of thioether (sulfide) groups is 2. The predicted molar refractivity (Wildman–Crippen MR) is 127 cm³/mol. The van der Waals surface area contributed by atoms with Crippen LogP contribution in [0.5, 0.6) is 0 Å². The molecule has 5 aliphatic rings. The van der Waals surface area contributed by atoms with E-state index in [1.54, 1.807) is 0 Å². The van der Waals surface area contributed by atoms with Crippen LogP contribution in [0.2, 0.25) is 0 Å². The van der Waals surface area contributed by atoms with Crippen molar-refractivity contribution in [3.8, 4) is 0 Å². The third-order valence-corrected chi connectivity index (χ3v) is 13.3. The van der Waals surface area contributed by atoms with Crippen LogP contribution in [0.1, 0.15) is 91.4 Å². The molecular weight excluding hydrogens is 392 g/mol. The van der Waals surface area contributed by atoms with E-state index in [2.05, 4.69) is 50.4 Å². The van der Waals surface area contributed by atoms with Crippen molar-refractivity contribution < 1.29 is 4.79 Å². The van der Waals surface area contributed by atoms with Gasteiger partial charge in [0, 0.05) is 23.3 Å². The zero-order chi connectivity index (χ0) is 20.3. The molecule has 6 atom stereocenters. The molecule has 29 heavy (non-hydrogen) atoms. The fraction of sp³-hybridized carbons (Fsp3) is 0.885. The second kappa shape index (κ2) is 7.61. The molecule has 0 N–H and O–H groups in total. The van der Waals surface area contributed by atoms with E-state index >= 15 is 0 Å². The van der Waals surface area contributed by atoms with Crippen LogP contribution in [-0.4, -0.2) is 21.4 Å². The summed E-state index contributed by atoms with van der Waals surface area (Å²) in [5.74, 6) is 6.34. The SMILES string of the molecule is CCCCC[C@@H]1C[C@@H]2[C@H](CC[C@]3(C)C(=O)CC[C@@H]23)[C@@]2(C)CCC3(C=C12)SCCS3. The maximum absolute atomic E-state index is 12.8. The van der Waals surface area contributed by atoms with Crippen LogP contribution in [0.25, 0.3) is 0 Å². The number of rotatable bonds is 4. The summed E-state index contributed by atoms with van der Waals surface area (Å²) in [5.41, 5.74) is 2.29. The van der Waals surface area contributed by atoms with E-state index in [1.165, 1.54) is 69.3 Å². The second-order valence-corrected chi connectivity index (χ2v) is 14.4. The molecule has 5 rings (SSSR count). The third kappa shape index (κ3) is 3.22. The summed E-state index contributed by atoms with van der Waals surface area (Å²) in [6.45, 7) is 7.32. The first-order valence-electron chi connectivity index (χ1n) is 12.5. The third-order valence-electron chi connectivity index (χ3n) is 9.92. The first-order chi connectivity index (χ1) is 13.9. The lowest BCUT2D eigenvalue weighted by molar-refractivity contribution is -0.133. The summed E-state index contributed by atoms with van der Waals surface area (Å²) in [4.78, 5) is 12.8. The zero-order valence-corrected chi connectivity index (χ0v) is 20.4. The highest BCUT2D eigenvalue weighted by Gasteiger charge is 2.61. The van der Waals surface area contributed by atoms with Gasteiger partial charge in [-0.25, -0.2) is 0 Å². The number of allylic oxidation sites excluding steroid dienone is 1. The molecule has 4 aliphatic carbocycles. The molecule has 0 radical (unpaired) electrons. The van der Waals surface area contributed by atoms with Crippen LogP contribution in [0.15, 0.2) is 11.6 Å². The number of hydrogen-bond donors (Lipinski definition) is 0. The average molecular weight is 433 g/mol. The number of hydrogen-bond acceptors (Lipinski definition) is 3. The minimum absolute atomic E-state index is 0.0136. The standard InChI is InChI=1S/C26H40OS2/c1-4-5-6-7-18-16-19-20-8-9-23(27)25(20,3)11-10-21(19)24(2)12-13-26(17-22(18)24)28-14-15-29-26/h17-21H,4-16H2,1-3H3/t18-,19+,20+,21+,24-,25+/m1/s1. The van der Waals surface area contributed by atoms with Gasteiger partial charge in [-0.2, -0.15) is 0 Å². The largest absolute Gasteiger partial charge is 0.299 e. The summed E-state index contributed by atoms with van der Waals surface area (Å²) in [7, 11) is 0. The normalized spacial score (nSPS) is 45.6. The molecule has 0 aromatic heterocycles. The highest BCUT2D eigenvalue weighted by Crippen LogP contribution is 2.68. The fourth-order valence-electron chi connectivity index (χ4n) is 8.28. The maximum atomic E-state index is 12.8. The lowest BCUT2D eigenvalue weighted by Crippen LogP contribution is -2.53. The highest BCUT2D eigenvalue weighted by molar-refractivity contribution is 8.21. The summed E-state index contributed by atoms with van der Waals surface area (Å²) in [5, 5.41) is 0. The molecular formula is C26H40OS2. The van der Waals surface area contributed by atoms with Crippen molar-refractivity contribution >= 4 is 29.3 Å². The van der Waals surface area contributed by atoms with Crippen molar-refractivity contribution in [2.75, 3.05) is 11.5 Å². The van der Waals surface area contributed by atoms with E-state index in [0.717, 1.165) is 30.6 Å². The Labute approximate surface area is 187 Å². The molecule has 0 unspecified atom stereocenters. The van der Waals surface area contributed by atoms with Gasteiger partial charge in [0.05, 0.1) is 4.08 Å². The van der Waals surface area contributed by atoms with Crippen LogP contribution in [0.4, 0.5) is 0 Å². The maximum Gasteiger partial charge on any atom is 0.139 e. The number of fused-ring (bicyclic) bond motifs is 5. The predicted octanol–water partition coefficient (Wildman–Crippen LogP) is 7.50. The molecule has 3 saturated carbocycles. The molecule has 4 fully saturated rings. The van der Waals surface area contributed by atoms with Gasteiger partial charge < -0.3 is 0 Å². The summed E-state index contributed by atoms with van der Waals surface area (Å²) >= 11 is 4.47. The molecule has 0 amide bonds. The minimum Gasteiger partial charge on any atom is -0.299 e. The van der Waals surface area contributed by atoms with Crippen molar-refractivity contribution in [2.24, 2.45) is 34.5 Å². The first-order valence-corrected chi connectivity index (χ1v) is 14.4. The van der Waals surface area contributed by atoms with Crippen LogP contribution in [0.3, 0.4) is 0 Å². The fourth-order valence-corrected chi connectivity index (χ4v) is 11.4. The molecule has 162 valence electrons. The highest BCUT2D eigenvalue weighted by atomic mass is 32.2. The van der Waals surface area contributed by atoms with Crippen LogP contribution in [-0.2, 0) is 4.79 Å². The van der Waals surface area contributed by atoms with Crippen molar-refractivity contribution in [1.82, 2.24) is 0 Å². The molecule has 1 saturated heterocycles. The molecule has 0 aromatic rings. The van der Waals surface area contributed by atoms with Crippen LogP contribution >= 0.6 is 23.5 Å². The van der Waals surface area contributed by atoms with Crippen LogP contribution in [0, 0.1) is 34.5 Å². The Bertz CT molecular complexity index is 693. The number of Topliss-reactive ketones (excluding diaryl/α,β-unsaturated/α-hetero) is 1. The van der Waals surface area contributed by atoms with Crippen molar-refractivity contribution in [1.29, 1.82) is 0 Å². The Balaban J connectivity index is 1.50. The van der Waals surface area contributed by atoms with Gasteiger partial charge in [0.2, 0.25) is 0 Å². The topological polar surface area (TPSA) is 17.1 Å². The minimum atomic E-state index is 0.0136. The van der Waals surface area contributed by atoms with Gasteiger partial charge in [-0.05, 0) is 74.0 Å². The van der Waals surface area contributed by atoms with E-state index in [0.29, 0.717) is 21.2 Å².